The number of hydrogen-bond donors (Lipinski definition) is 2. The van der Waals surface area contributed by atoms with Crippen LogP contribution in [0.3, 0.4) is 0 Å². The first-order valence-electron chi connectivity index (χ1n) is 8.25. The SMILES string of the molecule is CC(C)C(O)CC(=O)N(Cc1nc2ccccc2c(=O)[nH]1)C(C)C. The van der Waals surface area contributed by atoms with Crippen LogP contribution in [0.25, 0.3) is 10.9 Å². The molecule has 1 unspecified atom stereocenters. The number of nitrogens with one attached hydrogen (secondary N) is 1. The lowest BCUT2D eigenvalue weighted by Crippen LogP contribution is -2.39. The fraction of sp³-hybridized carbons (Fsp3) is 0.500. The average molecular weight is 331 g/mol. The summed E-state index contributed by atoms with van der Waals surface area (Å²) in [4.78, 5) is 33.5. The monoisotopic (exact) mass is 331 g/mol. The fourth-order valence-electron chi connectivity index (χ4n) is 2.46. The molecule has 0 aliphatic rings. The molecule has 6 heteroatoms. The number of rotatable bonds is 6. The third kappa shape index (κ3) is 4.20. The smallest absolute Gasteiger partial charge is 0.258 e. The van der Waals surface area contributed by atoms with Crippen molar-refractivity contribution >= 4 is 16.8 Å². The van der Waals surface area contributed by atoms with Gasteiger partial charge in [0.1, 0.15) is 5.82 Å². The van der Waals surface area contributed by atoms with E-state index in [4.69, 9.17) is 0 Å². The van der Waals surface area contributed by atoms with Gasteiger partial charge in [0.05, 0.1) is 30.0 Å². The molecule has 0 aliphatic heterocycles. The summed E-state index contributed by atoms with van der Waals surface area (Å²) in [6.07, 6.45) is -0.615. The van der Waals surface area contributed by atoms with Gasteiger partial charge in [0.15, 0.2) is 0 Å². The highest BCUT2D eigenvalue weighted by Crippen LogP contribution is 2.13. The Morgan fingerprint density at radius 2 is 1.92 bits per heavy atom. The molecule has 6 nitrogen and oxygen atoms in total. The molecule has 0 aliphatic carbocycles. The highest BCUT2D eigenvalue weighted by atomic mass is 16.3. The van der Waals surface area contributed by atoms with Crippen LogP contribution in [0.1, 0.15) is 39.9 Å². The quantitative estimate of drug-likeness (QED) is 0.848. The van der Waals surface area contributed by atoms with Crippen LogP contribution in [0.2, 0.25) is 0 Å². The number of aliphatic hydroxyl groups is 1. The fourth-order valence-corrected chi connectivity index (χ4v) is 2.46. The van der Waals surface area contributed by atoms with E-state index in [1.807, 2.05) is 33.8 Å². The van der Waals surface area contributed by atoms with Gasteiger partial charge >= 0.3 is 0 Å². The molecule has 1 heterocycles. The van der Waals surface area contributed by atoms with Crippen LogP contribution in [0.5, 0.6) is 0 Å². The van der Waals surface area contributed by atoms with Crippen molar-refractivity contribution in [1.29, 1.82) is 0 Å². The zero-order valence-corrected chi connectivity index (χ0v) is 14.6. The minimum atomic E-state index is -0.678. The summed E-state index contributed by atoms with van der Waals surface area (Å²) in [6.45, 7) is 7.76. The van der Waals surface area contributed by atoms with E-state index in [0.717, 1.165) is 0 Å². The average Bonchev–Trinajstić information content (AvgIpc) is 2.52. The molecule has 0 radical (unpaired) electrons. The molecule has 2 N–H and O–H groups in total. The van der Waals surface area contributed by atoms with Crippen LogP contribution in [0.15, 0.2) is 29.1 Å². The van der Waals surface area contributed by atoms with Gasteiger partial charge in [0.2, 0.25) is 5.91 Å². The largest absolute Gasteiger partial charge is 0.392 e. The minimum absolute atomic E-state index is 0.0153. The van der Waals surface area contributed by atoms with Crippen molar-refractivity contribution in [2.45, 2.75) is 52.8 Å². The number of fused-ring (bicyclic) bond motifs is 1. The van der Waals surface area contributed by atoms with Crippen LogP contribution in [0.4, 0.5) is 0 Å². The number of para-hydroxylation sites is 1. The molecule has 2 rings (SSSR count). The van der Waals surface area contributed by atoms with Crippen LogP contribution in [-0.2, 0) is 11.3 Å². The number of carbonyl (C=O) groups is 1. The van der Waals surface area contributed by atoms with Gasteiger partial charge in [-0.1, -0.05) is 26.0 Å². The van der Waals surface area contributed by atoms with Crippen LogP contribution in [-0.4, -0.2) is 38.0 Å². The van der Waals surface area contributed by atoms with Gasteiger partial charge in [-0.05, 0) is 31.9 Å². The van der Waals surface area contributed by atoms with Crippen LogP contribution < -0.4 is 5.56 Å². The molecule has 0 bridgehead atoms. The summed E-state index contributed by atoms with van der Waals surface area (Å²) >= 11 is 0. The second kappa shape index (κ2) is 7.57. The highest BCUT2D eigenvalue weighted by Gasteiger charge is 2.23. The van der Waals surface area contributed by atoms with E-state index in [2.05, 4.69) is 9.97 Å². The predicted octanol–water partition coefficient (Wildman–Crippen LogP) is 2.07. The Kier molecular flexibility index (Phi) is 5.72. The third-order valence-corrected chi connectivity index (χ3v) is 4.08. The first-order valence-corrected chi connectivity index (χ1v) is 8.25. The van der Waals surface area contributed by atoms with Gasteiger partial charge in [0, 0.05) is 6.04 Å². The first-order chi connectivity index (χ1) is 11.3. The van der Waals surface area contributed by atoms with E-state index in [9.17, 15) is 14.7 Å². The Morgan fingerprint density at radius 1 is 1.25 bits per heavy atom. The maximum atomic E-state index is 12.5. The number of H-pyrrole nitrogens is 1. The number of benzene rings is 1. The summed E-state index contributed by atoms with van der Waals surface area (Å²) < 4.78 is 0. The molecule has 24 heavy (non-hydrogen) atoms. The van der Waals surface area contributed by atoms with Crippen molar-refractivity contribution in [3.05, 3.63) is 40.4 Å². The second-order valence-corrected chi connectivity index (χ2v) is 6.66. The number of aromatic amines is 1. The summed E-state index contributed by atoms with van der Waals surface area (Å²) in [5.74, 6) is 0.309. The first kappa shape index (κ1) is 18.1. The van der Waals surface area contributed by atoms with Crippen LogP contribution >= 0.6 is 0 Å². The highest BCUT2D eigenvalue weighted by molar-refractivity contribution is 5.78. The normalized spacial score (nSPS) is 12.8. The van der Waals surface area contributed by atoms with Crippen molar-refractivity contribution in [1.82, 2.24) is 14.9 Å². The molecule has 0 saturated heterocycles. The maximum Gasteiger partial charge on any atom is 0.258 e. The molecular formula is C18H25N3O3. The molecule has 1 aromatic heterocycles. The predicted molar refractivity (Wildman–Crippen MR) is 93.5 cm³/mol. The summed E-state index contributed by atoms with van der Waals surface area (Å²) in [7, 11) is 0. The van der Waals surface area contributed by atoms with Gasteiger partial charge < -0.3 is 15.0 Å². The summed E-state index contributed by atoms with van der Waals surface area (Å²) in [5.41, 5.74) is 0.392. The molecule has 0 fully saturated rings. The molecular weight excluding hydrogens is 306 g/mol. The van der Waals surface area contributed by atoms with E-state index in [1.54, 1.807) is 23.1 Å². The molecule has 1 atom stereocenters. The molecule has 1 aromatic carbocycles. The van der Waals surface area contributed by atoms with Crippen molar-refractivity contribution < 1.29 is 9.90 Å². The lowest BCUT2D eigenvalue weighted by molar-refractivity contribution is -0.136. The van der Waals surface area contributed by atoms with E-state index >= 15 is 0 Å². The Labute approximate surface area is 141 Å². The molecule has 130 valence electrons. The topological polar surface area (TPSA) is 86.3 Å². The Bertz CT molecular complexity index is 767. The standard InChI is InChI=1S/C18H25N3O3/c1-11(2)15(22)9-17(23)21(12(3)4)10-16-19-14-8-6-5-7-13(14)18(24)20-16/h5-8,11-12,15,22H,9-10H2,1-4H3,(H,19,20,24). The molecule has 1 amide bonds. The summed E-state index contributed by atoms with van der Waals surface area (Å²) in [5, 5.41) is 10.5. The van der Waals surface area contributed by atoms with Crippen molar-refractivity contribution in [3.63, 3.8) is 0 Å². The third-order valence-electron chi connectivity index (χ3n) is 4.08. The number of aliphatic hydroxyl groups excluding tert-OH is 1. The minimum Gasteiger partial charge on any atom is -0.392 e. The van der Waals surface area contributed by atoms with Crippen molar-refractivity contribution in [2.24, 2.45) is 5.92 Å². The number of carbonyl (C=O) groups excluding carboxylic acids is 1. The van der Waals surface area contributed by atoms with Gasteiger partial charge in [-0.15, -0.1) is 0 Å². The van der Waals surface area contributed by atoms with E-state index < -0.39 is 6.10 Å². The Hall–Kier alpha value is -2.21. The Morgan fingerprint density at radius 3 is 2.54 bits per heavy atom. The number of hydrogen-bond acceptors (Lipinski definition) is 4. The number of aromatic nitrogens is 2. The lowest BCUT2D eigenvalue weighted by Gasteiger charge is -2.28. The van der Waals surface area contributed by atoms with E-state index in [1.165, 1.54) is 0 Å². The zero-order valence-electron chi connectivity index (χ0n) is 14.6. The van der Waals surface area contributed by atoms with Crippen molar-refractivity contribution in [3.8, 4) is 0 Å². The van der Waals surface area contributed by atoms with Gasteiger partial charge in [-0.2, -0.15) is 0 Å². The van der Waals surface area contributed by atoms with Crippen LogP contribution in [0, 0.1) is 5.92 Å². The number of nitrogens with zero attached hydrogens (tertiary/aromatic N) is 2. The zero-order chi connectivity index (χ0) is 17.9. The lowest BCUT2D eigenvalue weighted by atomic mass is 10.0. The number of amides is 1. The van der Waals surface area contributed by atoms with Crippen molar-refractivity contribution in [2.75, 3.05) is 0 Å². The maximum absolute atomic E-state index is 12.5. The molecule has 0 saturated carbocycles. The van der Waals surface area contributed by atoms with Gasteiger partial charge in [-0.25, -0.2) is 4.98 Å². The van der Waals surface area contributed by atoms with Gasteiger partial charge in [0.25, 0.3) is 5.56 Å². The van der Waals surface area contributed by atoms with E-state index in [-0.39, 0.29) is 36.4 Å². The van der Waals surface area contributed by atoms with Gasteiger partial charge in [-0.3, -0.25) is 9.59 Å². The second-order valence-electron chi connectivity index (χ2n) is 6.66. The Balaban J connectivity index is 2.25. The molecule has 2 aromatic rings. The van der Waals surface area contributed by atoms with E-state index in [0.29, 0.717) is 16.7 Å². The molecule has 0 spiro atoms. The summed E-state index contributed by atoms with van der Waals surface area (Å²) in [6, 6.07) is 7.04.